The fourth-order valence-corrected chi connectivity index (χ4v) is 4.95. The fourth-order valence-electron chi connectivity index (χ4n) is 3.92. The predicted octanol–water partition coefficient (Wildman–Crippen LogP) is 2.91. The second-order valence-electron chi connectivity index (χ2n) is 7.25. The molecule has 27 heavy (non-hydrogen) atoms. The molecule has 2 aliphatic rings. The van der Waals surface area contributed by atoms with Crippen LogP contribution in [0, 0.1) is 0 Å². The molecule has 1 amide bonds. The number of hydrogen-bond acceptors (Lipinski definition) is 4. The number of fused-ring (bicyclic) bond motifs is 1. The third-order valence-electron chi connectivity index (χ3n) is 5.46. The maximum absolute atomic E-state index is 13.0. The number of rotatable bonds is 4. The second-order valence-corrected chi connectivity index (χ2v) is 8.91. The van der Waals surface area contributed by atoms with Crippen LogP contribution < -0.4 is 5.32 Å². The third kappa shape index (κ3) is 4.18. The minimum Gasteiger partial charge on any atom is -0.336 e. The molecule has 0 saturated carbocycles. The molecule has 0 spiro atoms. The van der Waals surface area contributed by atoms with Crippen molar-refractivity contribution in [3.63, 3.8) is 0 Å². The zero-order valence-corrected chi connectivity index (χ0v) is 17.2. The molecule has 0 bridgehead atoms. The smallest absolute Gasteiger partial charge is 0.274 e. The van der Waals surface area contributed by atoms with Crippen LogP contribution in [0.3, 0.4) is 0 Å². The van der Waals surface area contributed by atoms with Gasteiger partial charge in [-0.1, -0.05) is 23.7 Å². The van der Waals surface area contributed by atoms with E-state index in [1.54, 1.807) is 0 Å². The number of benzene rings is 1. The van der Waals surface area contributed by atoms with Crippen molar-refractivity contribution in [1.82, 2.24) is 20.0 Å². The molecular formula is C20H25ClN4OS. The summed E-state index contributed by atoms with van der Waals surface area (Å²) in [5, 5.41) is 9.01. The van der Waals surface area contributed by atoms with Crippen LogP contribution in [0.1, 0.15) is 33.7 Å². The van der Waals surface area contributed by atoms with Gasteiger partial charge in [0.25, 0.3) is 5.91 Å². The van der Waals surface area contributed by atoms with Gasteiger partial charge < -0.3 is 10.2 Å². The normalized spacial score (nSPS) is 19.8. The number of amides is 1. The number of hydrogen-bond donors (Lipinski definition) is 1. The van der Waals surface area contributed by atoms with Gasteiger partial charge >= 0.3 is 0 Å². The molecule has 1 atom stereocenters. The molecule has 1 unspecified atom stereocenters. The Kier molecular flexibility index (Phi) is 5.76. The topological polar surface area (TPSA) is 50.2 Å². The maximum Gasteiger partial charge on any atom is 0.274 e. The summed E-state index contributed by atoms with van der Waals surface area (Å²) >= 11 is 7.88. The molecule has 1 fully saturated rings. The summed E-state index contributed by atoms with van der Waals surface area (Å²) in [5.74, 6) is 2.14. The average Bonchev–Trinajstić information content (AvgIpc) is 3.04. The lowest BCUT2D eigenvalue weighted by molar-refractivity contribution is 0.0764. The molecule has 2 aromatic rings. The van der Waals surface area contributed by atoms with E-state index in [4.69, 9.17) is 11.6 Å². The summed E-state index contributed by atoms with van der Waals surface area (Å²) in [6, 6.07) is 8.31. The summed E-state index contributed by atoms with van der Waals surface area (Å²) in [4.78, 5) is 15.0. The Bertz CT molecular complexity index is 814. The second kappa shape index (κ2) is 8.25. The van der Waals surface area contributed by atoms with Gasteiger partial charge in [0.15, 0.2) is 5.69 Å². The molecule has 1 saturated heterocycles. The number of nitrogens with zero attached hydrogens (tertiary/aromatic N) is 3. The van der Waals surface area contributed by atoms with Crippen LogP contribution in [0.5, 0.6) is 0 Å². The quantitative estimate of drug-likeness (QED) is 0.851. The van der Waals surface area contributed by atoms with Gasteiger partial charge in [0.2, 0.25) is 0 Å². The summed E-state index contributed by atoms with van der Waals surface area (Å²) in [5.41, 5.74) is 4.24. The van der Waals surface area contributed by atoms with E-state index in [2.05, 4.69) is 22.5 Å². The highest BCUT2D eigenvalue weighted by Crippen LogP contribution is 2.26. The van der Waals surface area contributed by atoms with E-state index in [0.717, 1.165) is 61.0 Å². The van der Waals surface area contributed by atoms with Crippen LogP contribution in [0.15, 0.2) is 24.3 Å². The highest BCUT2D eigenvalue weighted by molar-refractivity contribution is 7.99. The zero-order chi connectivity index (χ0) is 18.8. The van der Waals surface area contributed by atoms with Gasteiger partial charge in [0.05, 0.1) is 0 Å². The highest BCUT2D eigenvalue weighted by atomic mass is 35.5. The SMILES string of the molecule is Cn1nc(C(=O)N2CCSCC2)c2c1CCC(NCc1ccc(Cl)cc1)C2. The number of carbonyl (C=O) groups excluding carboxylic acids is 1. The lowest BCUT2D eigenvalue weighted by atomic mass is 9.91. The van der Waals surface area contributed by atoms with Crippen molar-refractivity contribution in [3.05, 3.63) is 51.8 Å². The monoisotopic (exact) mass is 404 g/mol. The van der Waals surface area contributed by atoms with Crippen LogP contribution in [0.2, 0.25) is 5.02 Å². The van der Waals surface area contributed by atoms with E-state index < -0.39 is 0 Å². The van der Waals surface area contributed by atoms with Gasteiger partial charge in [0, 0.05) is 60.5 Å². The number of halogens is 1. The maximum atomic E-state index is 13.0. The van der Waals surface area contributed by atoms with Crippen LogP contribution in [0.4, 0.5) is 0 Å². The average molecular weight is 405 g/mol. The molecule has 1 aromatic heterocycles. The first-order valence-corrected chi connectivity index (χ1v) is 11.0. The minimum absolute atomic E-state index is 0.102. The van der Waals surface area contributed by atoms with E-state index in [-0.39, 0.29) is 5.91 Å². The van der Waals surface area contributed by atoms with Gasteiger partial charge in [-0.05, 0) is 37.0 Å². The first-order valence-electron chi connectivity index (χ1n) is 9.51. The number of nitrogens with one attached hydrogen (secondary N) is 1. The summed E-state index contributed by atoms with van der Waals surface area (Å²) in [6.45, 7) is 2.46. The Morgan fingerprint density at radius 2 is 2.04 bits per heavy atom. The number of carbonyl (C=O) groups is 1. The predicted molar refractivity (Wildman–Crippen MR) is 111 cm³/mol. The molecule has 1 aliphatic carbocycles. The molecule has 0 radical (unpaired) electrons. The fraction of sp³-hybridized carbons (Fsp3) is 0.500. The molecule has 1 aromatic carbocycles. The molecule has 4 rings (SSSR count). The Hall–Kier alpha value is -1.50. The molecule has 2 heterocycles. The zero-order valence-electron chi connectivity index (χ0n) is 15.6. The molecular weight excluding hydrogens is 380 g/mol. The van der Waals surface area contributed by atoms with Crippen molar-refractivity contribution in [2.45, 2.75) is 31.8 Å². The van der Waals surface area contributed by atoms with E-state index in [9.17, 15) is 4.79 Å². The number of aryl methyl sites for hydroxylation is 1. The first-order chi connectivity index (χ1) is 13.1. The Balaban J connectivity index is 1.46. The van der Waals surface area contributed by atoms with Gasteiger partial charge in [-0.3, -0.25) is 9.48 Å². The molecule has 144 valence electrons. The van der Waals surface area contributed by atoms with E-state index in [1.807, 2.05) is 40.5 Å². The van der Waals surface area contributed by atoms with Crippen molar-refractivity contribution in [2.75, 3.05) is 24.6 Å². The number of aromatic nitrogens is 2. The third-order valence-corrected chi connectivity index (χ3v) is 6.66. The summed E-state index contributed by atoms with van der Waals surface area (Å²) in [7, 11) is 1.96. The summed E-state index contributed by atoms with van der Waals surface area (Å²) in [6.07, 6.45) is 2.88. The number of thioether (sulfide) groups is 1. The van der Waals surface area contributed by atoms with Crippen molar-refractivity contribution in [3.8, 4) is 0 Å². The van der Waals surface area contributed by atoms with Crippen LogP contribution in [0.25, 0.3) is 0 Å². The molecule has 1 aliphatic heterocycles. The Morgan fingerprint density at radius 1 is 1.30 bits per heavy atom. The molecule has 7 heteroatoms. The largest absolute Gasteiger partial charge is 0.336 e. The van der Waals surface area contributed by atoms with Crippen LogP contribution in [-0.4, -0.2) is 51.2 Å². The first kappa shape index (κ1) is 18.8. The standard InChI is InChI=1S/C20H25ClN4OS/c1-24-18-7-6-16(22-13-14-2-4-15(21)5-3-14)12-17(18)19(23-24)20(26)25-8-10-27-11-9-25/h2-5,16,22H,6-13H2,1H3. The van der Waals surface area contributed by atoms with E-state index in [1.165, 1.54) is 11.3 Å². The van der Waals surface area contributed by atoms with Gasteiger partial charge in [-0.25, -0.2) is 0 Å². The van der Waals surface area contributed by atoms with Crippen molar-refractivity contribution >= 4 is 29.3 Å². The minimum atomic E-state index is 0.102. The molecule has 5 nitrogen and oxygen atoms in total. The van der Waals surface area contributed by atoms with Crippen molar-refractivity contribution < 1.29 is 4.79 Å². The highest BCUT2D eigenvalue weighted by Gasteiger charge is 2.30. The van der Waals surface area contributed by atoms with E-state index >= 15 is 0 Å². The van der Waals surface area contributed by atoms with E-state index in [0.29, 0.717) is 11.7 Å². The summed E-state index contributed by atoms with van der Waals surface area (Å²) < 4.78 is 1.91. The van der Waals surface area contributed by atoms with Gasteiger partial charge in [-0.2, -0.15) is 16.9 Å². The molecule has 1 N–H and O–H groups in total. The lowest BCUT2D eigenvalue weighted by Gasteiger charge is -2.27. The van der Waals surface area contributed by atoms with Gasteiger partial charge in [0.1, 0.15) is 0 Å². The van der Waals surface area contributed by atoms with Crippen molar-refractivity contribution in [1.29, 1.82) is 0 Å². The van der Waals surface area contributed by atoms with Crippen LogP contribution in [-0.2, 0) is 26.4 Å². The Labute approximate surface area is 169 Å². The van der Waals surface area contributed by atoms with Crippen LogP contribution >= 0.6 is 23.4 Å². The lowest BCUT2D eigenvalue weighted by Crippen LogP contribution is -2.39. The Morgan fingerprint density at radius 3 is 2.78 bits per heavy atom. The van der Waals surface area contributed by atoms with Gasteiger partial charge in [-0.15, -0.1) is 0 Å². The van der Waals surface area contributed by atoms with Crippen molar-refractivity contribution in [2.24, 2.45) is 7.05 Å².